The monoisotopic (exact) mass is 662 g/mol. The molecule has 0 spiro atoms. The third-order valence-corrected chi connectivity index (χ3v) is 11.9. The van der Waals surface area contributed by atoms with Gasteiger partial charge in [-0.2, -0.15) is 0 Å². The lowest BCUT2D eigenvalue weighted by Crippen LogP contribution is -2.32. The number of carboxylic acids is 2. The zero-order chi connectivity index (χ0) is 30.5. The van der Waals surface area contributed by atoms with Crippen molar-refractivity contribution in [3.05, 3.63) is 74.5 Å². The molecule has 0 bridgehead atoms. The van der Waals surface area contributed by atoms with Crippen molar-refractivity contribution in [3.63, 3.8) is 0 Å². The second-order valence-corrected chi connectivity index (χ2v) is 13.8. The summed E-state index contributed by atoms with van der Waals surface area (Å²) in [5, 5.41) is 20.0. The molecule has 11 nitrogen and oxygen atoms in total. The molecule has 2 aliphatic rings. The number of aromatic nitrogens is 2. The minimum absolute atomic E-state index is 0.0370. The minimum atomic E-state index is -1.31. The van der Waals surface area contributed by atoms with Gasteiger partial charge in [-0.1, -0.05) is 54.8 Å². The first-order valence-corrected chi connectivity index (χ1v) is 16.0. The van der Waals surface area contributed by atoms with Gasteiger partial charge in [-0.05, 0) is 30.2 Å². The second-order valence-electron chi connectivity index (χ2n) is 9.09. The summed E-state index contributed by atoms with van der Waals surface area (Å²) in [6.07, 6.45) is 2.33. The van der Waals surface area contributed by atoms with Crippen LogP contribution in [-0.2, 0) is 27.5 Å². The van der Waals surface area contributed by atoms with Crippen molar-refractivity contribution in [1.29, 1.82) is 0 Å². The molecule has 1 saturated heterocycles. The molecule has 0 radical (unpaired) electrons. The number of anilines is 1. The number of allylic oxidation sites excluding steroid dienone is 1. The molecule has 0 unspecified atom stereocenters. The third kappa shape index (κ3) is 5.28. The average Bonchev–Trinajstić information content (AvgIpc) is 3.62. The Bertz CT molecular complexity index is 2070. The van der Waals surface area contributed by atoms with Gasteiger partial charge in [-0.15, -0.1) is 22.7 Å². The highest BCUT2D eigenvalue weighted by molar-refractivity contribution is 8.30. The van der Waals surface area contributed by atoms with E-state index in [0.29, 0.717) is 12.0 Å². The summed E-state index contributed by atoms with van der Waals surface area (Å²) in [6.45, 7) is 0.436. The van der Waals surface area contributed by atoms with Crippen LogP contribution in [0.25, 0.3) is 10.5 Å². The van der Waals surface area contributed by atoms with Crippen LogP contribution >= 0.6 is 58.4 Å². The molecular weight excluding hydrogens is 641 g/mol. The molecule has 1 amide bonds. The molecule has 1 fully saturated rings. The summed E-state index contributed by atoms with van der Waals surface area (Å²) in [6, 6.07) is 7.87. The Labute approximate surface area is 259 Å². The molecule has 16 heteroatoms. The van der Waals surface area contributed by atoms with Crippen LogP contribution in [0.3, 0.4) is 0 Å². The number of thiocarbonyl (C=S) groups is 1. The summed E-state index contributed by atoms with van der Waals surface area (Å²) >= 11 is 9.50. The maximum atomic E-state index is 13.7. The molecule has 2 aromatic heterocycles. The Kier molecular flexibility index (Phi) is 8.35. The topological polar surface area (TPSA) is 142 Å². The highest BCUT2D eigenvalue weighted by atomic mass is 32.2. The van der Waals surface area contributed by atoms with Crippen molar-refractivity contribution in [2.24, 2.45) is 0 Å². The number of hydrogen-bond donors (Lipinski definition) is 2. The Hall–Kier alpha value is -3.44. The van der Waals surface area contributed by atoms with E-state index in [1.54, 1.807) is 11.8 Å². The van der Waals surface area contributed by atoms with E-state index in [-0.39, 0.29) is 27.6 Å². The van der Waals surface area contributed by atoms with Crippen molar-refractivity contribution in [1.82, 2.24) is 14.0 Å². The van der Waals surface area contributed by atoms with Gasteiger partial charge in [0.2, 0.25) is 0 Å². The normalized spacial score (nSPS) is 18.7. The average molecular weight is 663 g/mol. The van der Waals surface area contributed by atoms with E-state index in [0.717, 1.165) is 59.2 Å². The van der Waals surface area contributed by atoms with Crippen LogP contribution in [0, 0.1) is 9.20 Å². The van der Waals surface area contributed by atoms with Crippen LogP contribution in [0.4, 0.5) is 5.69 Å². The predicted molar refractivity (Wildman–Crippen MR) is 168 cm³/mol. The fourth-order valence-corrected chi connectivity index (χ4v) is 9.30. The summed E-state index contributed by atoms with van der Waals surface area (Å²) in [5.41, 5.74) is 0.353. The second kappa shape index (κ2) is 11.7. The van der Waals surface area contributed by atoms with Gasteiger partial charge >= 0.3 is 11.9 Å². The van der Waals surface area contributed by atoms with Gasteiger partial charge in [0.1, 0.15) is 36.2 Å². The number of amides is 1. The maximum absolute atomic E-state index is 13.7. The lowest BCUT2D eigenvalue weighted by molar-refractivity contribution is -0.138. The molecule has 1 aromatic carbocycles. The van der Waals surface area contributed by atoms with Gasteiger partial charge in [-0.3, -0.25) is 38.0 Å². The van der Waals surface area contributed by atoms with Crippen molar-refractivity contribution in [2.45, 2.75) is 31.3 Å². The number of thioether (sulfide) groups is 2. The van der Waals surface area contributed by atoms with Gasteiger partial charge < -0.3 is 15.1 Å². The summed E-state index contributed by atoms with van der Waals surface area (Å²) in [7, 11) is 3.39. The number of para-hydroxylation sites is 1. The first-order valence-electron chi connectivity index (χ1n) is 12.3. The molecule has 4 heterocycles. The molecular formula is C26H22N4O7S5. The van der Waals surface area contributed by atoms with E-state index in [1.807, 2.05) is 49.2 Å². The van der Waals surface area contributed by atoms with Gasteiger partial charge in [-0.25, -0.2) is 0 Å². The Morgan fingerprint density at radius 1 is 0.905 bits per heavy atom. The van der Waals surface area contributed by atoms with E-state index in [4.69, 9.17) is 12.2 Å². The zero-order valence-corrected chi connectivity index (χ0v) is 26.4. The van der Waals surface area contributed by atoms with Crippen molar-refractivity contribution < 1.29 is 24.6 Å². The fourth-order valence-electron chi connectivity index (χ4n) is 4.35. The van der Waals surface area contributed by atoms with E-state index in [9.17, 15) is 34.2 Å². The minimum Gasteiger partial charge on any atom is -0.480 e. The SMILES string of the molecule is CC/C(C=C1Sc2ccccc2N1C)=c1\s/c(=c2/s/c(=C3/SC(=S)N(C)C3=O)n(CC(=O)O)c2=O)n(CC(=O)O)c1=O. The molecule has 0 saturated carbocycles. The van der Waals surface area contributed by atoms with Crippen LogP contribution < -0.4 is 25.2 Å². The van der Waals surface area contributed by atoms with Crippen LogP contribution in [0.15, 0.2) is 49.9 Å². The van der Waals surface area contributed by atoms with E-state index < -0.39 is 42.1 Å². The largest absolute Gasteiger partial charge is 0.480 e. The maximum Gasteiger partial charge on any atom is 0.323 e. The van der Waals surface area contributed by atoms with Crippen LogP contribution in [0.5, 0.6) is 0 Å². The number of hydrogen-bond acceptors (Lipinski definition) is 11. The first-order chi connectivity index (χ1) is 19.9. The number of rotatable bonds is 6. The van der Waals surface area contributed by atoms with Crippen LogP contribution in [-0.4, -0.2) is 60.5 Å². The Morgan fingerprint density at radius 3 is 2.12 bits per heavy atom. The molecule has 0 atom stereocenters. The molecule has 3 aromatic rings. The molecule has 0 aliphatic carbocycles. The molecule has 2 N–H and O–H groups in total. The predicted octanol–water partition coefficient (Wildman–Crippen LogP) is 1.83. The summed E-state index contributed by atoms with van der Waals surface area (Å²) in [4.78, 5) is 68.1. The molecule has 218 valence electrons. The standard InChI is InChI=1S/C26H22N4O7S5/c1-4-12(9-15-27(2)13-7-5-6-8-14(13)39-15)18-22(36)29(10-16(31)32)25(40-18)20-23(37)30(11-17(33)34)24(41-20)19-21(35)28(3)26(38)42-19/h5-9H,4,10-11H2,1-3H3,(H,31,32)(H,33,34)/b15-9?,18-12+,24-19+,25-20+. The molecule has 2 aliphatic heterocycles. The smallest absolute Gasteiger partial charge is 0.323 e. The van der Waals surface area contributed by atoms with Crippen LogP contribution in [0.1, 0.15) is 13.3 Å². The highest BCUT2D eigenvalue weighted by Gasteiger charge is 2.32. The van der Waals surface area contributed by atoms with Crippen molar-refractivity contribution in [2.75, 3.05) is 19.0 Å². The lowest BCUT2D eigenvalue weighted by Gasteiger charge is -2.13. The zero-order valence-electron chi connectivity index (χ0n) is 22.3. The van der Waals surface area contributed by atoms with E-state index in [2.05, 4.69) is 0 Å². The van der Waals surface area contributed by atoms with E-state index >= 15 is 0 Å². The number of nitrogens with zero attached hydrogens (tertiary/aromatic N) is 4. The number of carboxylic acid groups (broad SMARTS) is 2. The lowest BCUT2D eigenvalue weighted by atomic mass is 10.2. The van der Waals surface area contributed by atoms with Gasteiger partial charge in [0.05, 0.1) is 15.2 Å². The number of thiazole rings is 2. The van der Waals surface area contributed by atoms with Gasteiger partial charge in [0.25, 0.3) is 17.0 Å². The molecule has 42 heavy (non-hydrogen) atoms. The quantitative estimate of drug-likeness (QED) is 0.374. The Morgan fingerprint density at radius 2 is 1.55 bits per heavy atom. The summed E-state index contributed by atoms with van der Waals surface area (Å²) in [5.74, 6) is -3.08. The number of carbonyl (C=O) groups excluding carboxylic acids is 1. The summed E-state index contributed by atoms with van der Waals surface area (Å²) < 4.78 is 2.59. The van der Waals surface area contributed by atoms with Crippen LogP contribution in [0.2, 0.25) is 0 Å². The van der Waals surface area contributed by atoms with E-state index in [1.165, 1.54) is 11.9 Å². The van der Waals surface area contributed by atoms with Crippen molar-refractivity contribution in [3.8, 4) is 0 Å². The van der Waals surface area contributed by atoms with Gasteiger partial charge in [0.15, 0.2) is 0 Å². The first kappa shape index (κ1) is 30.0. The fraction of sp³-hybridized carbons (Fsp3) is 0.231. The Balaban J connectivity index is 1.87. The highest BCUT2D eigenvalue weighted by Crippen LogP contribution is 2.45. The third-order valence-electron chi connectivity index (χ3n) is 6.45. The number of fused-ring (bicyclic) bond motifs is 1. The molecule has 5 rings (SSSR count). The number of aliphatic carboxylic acids is 2. The van der Waals surface area contributed by atoms with Gasteiger partial charge in [0, 0.05) is 19.0 Å². The van der Waals surface area contributed by atoms with Crippen molar-refractivity contribution >= 4 is 96.7 Å². The number of carbonyl (C=O) groups is 3. The number of benzene rings is 1.